The van der Waals surface area contributed by atoms with Crippen molar-refractivity contribution < 1.29 is 31.1 Å². The maximum atomic E-state index is 12.3. The highest BCUT2D eigenvalue weighted by molar-refractivity contribution is 7.91. The third kappa shape index (κ3) is 5.19. The molecular weight excluding hydrogens is 373 g/mol. The highest BCUT2D eigenvalue weighted by Crippen LogP contribution is 2.22. The number of nitrogens with one attached hydrogen (secondary N) is 1. The van der Waals surface area contributed by atoms with Gasteiger partial charge in [0.1, 0.15) is 5.56 Å². The Morgan fingerprint density at radius 3 is 2.42 bits per heavy atom. The number of anilines is 1. The van der Waals surface area contributed by atoms with Gasteiger partial charge in [-0.2, -0.15) is 13.2 Å². The van der Waals surface area contributed by atoms with Crippen LogP contribution >= 0.6 is 0 Å². The number of benzene rings is 1. The standard InChI is InChI=1S/C16H15F3N2O4S/c1-2-26(23,24)12-7-5-11(6-8-12)21-14(22)13-4-3-9-20-15(13)25-10-16(17,18)19/h3-9H,2,10H2,1H3,(H,21,22). The van der Waals surface area contributed by atoms with Crippen molar-refractivity contribution in [3.8, 4) is 5.88 Å². The predicted molar refractivity (Wildman–Crippen MR) is 87.9 cm³/mol. The fourth-order valence-electron chi connectivity index (χ4n) is 1.94. The van der Waals surface area contributed by atoms with Gasteiger partial charge in [-0.15, -0.1) is 0 Å². The Bertz CT molecular complexity index is 881. The monoisotopic (exact) mass is 388 g/mol. The van der Waals surface area contributed by atoms with E-state index in [1.54, 1.807) is 0 Å². The van der Waals surface area contributed by atoms with Crippen molar-refractivity contribution in [1.29, 1.82) is 0 Å². The van der Waals surface area contributed by atoms with E-state index in [2.05, 4.69) is 15.0 Å². The average Bonchev–Trinajstić information content (AvgIpc) is 2.60. The second-order valence-electron chi connectivity index (χ2n) is 5.14. The van der Waals surface area contributed by atoms with Crippen molar-refractivity contribution in [3.05, 3.63) is 48.2 Å². The van der Waals surface area contributed by atoms with Gasteiger partial charge < -0.3 is 10.1 Å². The minimum absolute atomic E-state index is 0.0612. The lowest BCUT2D eigenvalue weighted by atomic mass is 10.2. The Balaban J connectivity index is 2.15. The van der Waals surface area contributed by atoms with Crippen molar-refractivity contribution >= 4 is 21.4 Å². The number of carbonyl (C=O) groups is 1. The van der Waals surface area contributed by atoms with Gasteiger partial charge in [-0.3, -0.25) is 4.79 Å². The van der Waals surface area contributed by atoms with Crippen LogP contribution in [0, 0.1) is 0 Å². The summed E-state index contributed by atoms with van der Waals surface area (Å²) in [6.45, 7) is -0.0657. The molecule has 0 saturated carbocycles. The molecule has 1 aromatic heterocycles. The number of rotatable bonds is 6. The Kier molecular flexibility index (Phi) is 5.86. The van der Waals surface area contributed by atoms with Crippen LogP contribution < -0.4 is 10.1 Å². The maximum Gasteiger partial charge on any atom is 0.422 e. The summed E-state index contributed by atoms with van der Waals surface area (Å²) < 4.78 is 64.9. The molecule has 1 N–H and O–H groups in total. The molecule has 140 valence electrons. The largest absolute Gasteiger partial charge is 0.467 e. The molecule has 0 unspecified atom stereocenters. The quantitative estimate of drug-likeness (QED) is 0.822. The van der Waals surface area contributed by atoms with E-state index in [1.165, 1.54) is 49.5 Å². The van der Waals surface area contributed by atoms with Crippen LogP contribution in [-0.4, -0.2) is 37.8 Å². The number of carbonyl (C=O) groups excluding carboxylic acids is 1. The normalized spacial score (nSPS) is 11.8. The van der Waals surface area contributed by atoms with Gasteiger partial charge in [-0.1, -0.05) is 6.92 Å². The smallest absolute Gasteiger partial charge is 0.422 e. The summed E-state index contributed by atoms with van der Waals surface area (Å²) in [7, 11) is -3.37. The van der Waals surface area contributed by atoms with E-state index in [-0.39, 0.29) is 21.9 Å². The summed E-state index contributed by atoms with van der Waals surface area (Å²) in [6, 6.07) is 8.08. The first-order valence-electron chi connectivity index (χ1n) is 7.41. The Hall–Kier alpha value is -2.62. The van der Waals surface area contributed by atoms with E-state index in [4.69, 9.17) is 0 Å². The molecule has 0 fully saturated rings. The fraction of sp³-hybridized carbons (Fsp3) is 0.250. The number of nitrogens with zero attached hydrogens (tertiary/aromatic N) is 1. The van der Waals surface area contributed by atoms with Crippen LogP contribution in [0.5, 0.6) is 5.88 Å². The van der Waals surface area contributed by atoms with Gasteiger partial charge in [0, 0.05) is 11.9 Å². The number of pyridine rings is 1. The van der Waals surface area contributed by atoms with Crippen molar-refractivity contribution in [2.24, 2.45) is 0 Å². The van der Waals surface area contributed by atoms with Gasteiger partial charge >= 0.3 is 6.18 Å². The van der Waals surface area contributed by atoms with Crippen LogP contribution in [0.3, 0.4) is 0 Å². The summed E-state index contributed by atoms with van der Waals surface area (Å²) in [5.41, 5.74) is 0.0951. The lowest BCUT2D eigenvalue weighted by molar-refractivity contribution is -0.154. The van der Waals surface area contributed by atoms with Gasteiger partial charge in [0.25, 0.3) is 5.91 Å². The van der Waals surface area contributed by atoms with Crippen LogP contribution in [0.1, 0.15) is 17.3 Å². The molecule has 0 bridgehead atoms. The molecule has 0 aliphatic rings. The fourth-order valence-corrected chi connectivity index (χ4v) is 2.82. The lowest BCUT2D eigenvalue weighted by Crippen LogP contribution is -2.22. The number of ether oxygens (including phenoxy) is 1. The first-order valence-corrected chi connectivity index (χ1v) is 9.06. The molecular formula is C16H15F3N2O4S. The number of hydrogen-bond acceptors (Lipinski definition) is 5. The van der Waals surface area contributed by atoms with Crippen LogP contribution in [0.2, 0.25) is 0 Å². The van der Waals surface area contributed by atoms with Gasteiger partial charge in [-0.25, -0.2) is 13.4 Å². The number of aromatic nitrogens is 1. The average molecular weight is 388 g/mol. The number of halogens is 3. The topological polar surface area (TPSA) is 85.4 Å². The summed E-state index contributed by atoms with van der Waals surface area (Å²) in [6.07, 6.45) is -3.36. The van der Waals surface area contributed by atoms with Gasteiger partial charge in [0.05, 0.1) is 10.6 Å². The first kappa shape index (κ1) is 19.7. The lowest BCUT2D eigenvalue weighted by Gasteiger charge is -2.12. The van der Waals surface area contributed by atoms with Crippen molar-refractivity contribution in [2.75, 3.05) is 17.7 Å². The molecule has 1 heterocycles. The van der Waals surface area contributed by atoms with Gasteiger partial charge in [0.15, 0.2) is 16.4 Å². The molecule has 0 aliphatic carbocycles. The third-order valence-electron chi connectivity index (χ3n) is 3.24. The molecule has 2 rings (SSSR count). The maximum absolute atomic E-state index is 12.3. The van der Waals surface area contributed by atoms with Crippen molar-refractivity contribution in [2.45, 2.75) is 18.0 Å². The van der Waals surface area contributed by atoms with E-state index in [0.29, 0.717) is 0 Å². The molecule has 1 aromatic carbocycles. The van der Waals surface area contributed by atoms with Crippen molar-refractivity contribution in [3.63, 3.8) is 0 Å². The Labute approximate surface area is 147 Å². The van der Waals surface area contributed by atoms with E-state index in [1.807, 2.05) is 0 Å². The highest BCUT2D eigenvalue weighted by atomic mass is 32.2. The SMILES string of the molecule is CCS(=O)(=O)c1ccc(NC(=O)c2cccnc2OCC(F)(F)F)cc1. The Morgan fingerprint density at radius 1 is 1.19 bits per heavy atom. The summed E-state index contributed by atoms with van der Waals surface area (Å²) in [5.74, 6) is -1.25. The number of alkyl halides is 3. The summed E-state index contributed by atoms with van der Waals surface area (Å²) in [4.78, 5) is 16.0. The van der Waals surface area contributed by atoms with Crippen LogP contribution in [0.25, 0.3) is 0 Å². The molecule has 0 spiro atoms. The molecule has 1 amide bonds. The zero-order chi connectivity index (χ0) is 19.4. The molecule has 0 atom stereocenters. The van der Waals surface area contributed by atoms with E-state index in [9.17, 15) is 26.4 Å². The molecule has 6 nitrogen and oxygen atoms in total. The summed E-state index contributed by atoms with van der Waals surface area (Å²) in [5, 5.41) is 2.46. The highest BCUT2D eigenvalue weighted by Gasteiger charge is 2.29. The van der Waals surface area contributed by atoms with E-state index >= 15 is 0 Å². The van der Waals surface area contributed by atoms with Crippen LogP contribution in [0.15, 0.2) is 47.5 Å². The number of amides is 1. The van der Waals surface area contributed by atoms with Crippen LogP contribution in [0.4, 0.5) is 18.9 Å². The van der Waals surface area contributed by atoms with E-state index in [0.717, 1.165) is 0 Å². The molecule has 2 aromatic rings. The zero-order valence-corrected chi connectivity index (χ0v) is 14.4. The second kappa shape index (κ2) is 7.73. The molecule has 0 aliphatic heterocycles. The zero-order valence-electron chi connectivity index (χ0n) is 13.6. The van der Waals surface area contributed by atoms with Crippen molar-refractivity contribution in [1.82, 2.24) is 4.98 Å². The van der Waals surface area contributed by atoms with Crippen LogP contribution in [-0.2, 0) is 9.84 Å². The minimum atomic E-state index is -4.56. The van der Waals surface area contributed by atoms with E-state index < -0.39 is 34.4 Å². The molecule has 0 radical (unpaired) electrons. The van der Waals surface area contributed by atoms with Gasteiger partial charge in [0.2, 0.25) is 5.88 Å². The number of hydrogen-bond donors (Lipinski definition) is 1. The minimum Gasteiger partial charge on any atom is -0.467 e. The Morgan fingerprint density at radius 2 is 1.85 bits per heavy atom. The molecule has 26 heavy (non-hydrogen) atoms. The molecule has 0 saturated heterocycles. The van der Waals surface area contributed by atoms with Gasteiger partial charge in [-0.05, 0) is 36.4 Å². The third-order valence-corrected chi connectivity index (χ3v) is 4.99. The first-order chi connectivity index (χ1) is 12.1. The summed E-state index contributed by atoms with van der Waals surface area (Å²) >= 11 is 0. The number of sulfone groups is 1. The predicted octanol–water partition coefficient (Wildman–Crippen LogP) is 3.07. The second-order valence-corrected chi connectivity index (χ2v) is 7.42. The molecule has 10 heteroatoms.